The first-order chi connectivity index (χ1) is 9.07. The largest absolute Gasteiger partial charge is 0.466 e. The Morgan fingerprint density at radius 2 is 1.89 bits per heavy atom. The number of carbonyl (C=O) groups excluding carboxylic acids is 1. The van der Waals surface area contributed by atoms with Gasteiger partial charge in [-0.3, -0.25) is 9.36 Å². The smallest absolute Gasteiger partial charge is 0.356 e. The highest BCUT2D eigenvalue weighted by atomic mass is 31.2. The van der Waals surface area contributed by atoms with E-state index in [1.165, 1.54) is 0 Å². The highest BCUT2D eigenvalue weighted by Gasteiger charge is 2.33. The lowest BCUT2D eigenvalue weighted by Gasteiger charge is -2.25. The van der Waals surface area contributed by atoms with Crippen molar-refractivity contribution >= 4 is 13.6 Å². The number of esters is 1. The van der Waals surface area contributed by atoms with Gasteiger partial charge in [0.05, 0.1) is 25.7 Å². The molecule has 0 radical (unpaired) electrons. The molecule has 6 heteroatoms. The summed E-state index contributed by atoms with van der Waals surface area (Å²) in [4.78, 5) is 11.6. The summed E-state index contributed by atoms with van der Waals surface area (Å²) in [5.41, 5.74) is 0. The topological polar surface area (TPSA) is 61.8 Å². The maximum absolute atomic E-state index is 12.5. The third-order valence-corrected chi connectivity index (χ3v) is 5.26. The Morgan fingerprint density at radius 3 is 2.32 bits per heavy atom. The minimum absolute atomic E-state index is 0.139. The Balaban J connectivity index is 2.71. The molecule has 1 unspecified atom stereocenters. The number of hydrogen-bond acceptors (Lipinski definition) is 5. The zero-order chi connectivity index (χ0) is 14.3. The molecule has 19 heavy (non-hydrogen) atoms. The lowest BCUT2D eigenvalue weighted by Crippen LogP contribution is -2.20. The summed E-state index contributed by atoms with van der Waals surface area (Å²) in [6.07, 6.45) is 3.55. The van der Waals surface area contributed by atoms with Crippen molar-refractivity contribution in [1.29, 1.82) is 0 Å². The van der Waals surface area contributed by atoms with E-state index in [9.17, 15) is 9.36 Å². The summed E-state index contributed by atoms with van der Waals surface area (Å²) in [5, 5.41) is 0.691. The van der Waals surface area contributed by atoms with Gasteiger partial charge in [0, 0.05) is 5.31 Å². The molecule has 0 aromatic heterocycles. The molecular formula is C13H23O5P. The van der Waals surface area contributed by atoms with E-state index < -0.39 is 7.60 Å². The molecule has 0 aromatic rings. The van der Waals surface area contributed by atoms with E-state index in [2.05, 4.69) is 0 Å². The van der Waals surface area contributed by atoms with Gasteiger partial charge in [-0.25, -0.2) is 0 Å². The van der Waals surface area contributed by atoms with Gasteiger partial charge < -0.3 is 13.8 Å². The van der Waals surface area contributed by atoms with E-state index in [-0.39, 0.29) is 11.9 Å². The van der Waals surface area contributed by atoms with Gasteiger partial charge in [-0.05, 0) is 40.0 Å². The van der Waals surface area contributed by atoms with Crippen LogP contribution in [-0.2, 0) is 23.1 Å². The van der Waals surface area contributed by atoms with Crippen molar-refractivity contribution < 1.29 is 23.1 Å². The van der Waals surface area contributed by atoms with Crippen LogP contribution in [0.3, 0.4) is 0 Å². The van der Waals surface area contributed by atoms with Crippen LogP contribution in [0, 0.1) is 5.92 Å². The van der Waals surface area contributed by atoms with Crippen molar-refractivity contribution in [2.24, 2.45) is 5.92 Å². The van der Waals surface area contributed by atoms with Crippen LogP contribution in [0.15, 0.2) is 11.4 Å². The maximum Gasteiger partial charge on any atom is 0.356 e. The third kappa shape index (κ3) is 4.44. The first-order valence-corrected chi connectivity index (χ1v) is 8.37. The Labute approximate surface area is 114 Å². The number of ether oxygens (including phenoxy) is 1. The Bertz CT molecular complexity index is 367. The Kier molecular flexibility index (Phi) is 6.76. The Morgan fingerprint density at radius 1 is 1.26 bits per heavy atom. The van der Waals surface area contributed by atoms with Gasteiger partial charge in [0.25, 0.3) is 0 Å². The van der Waals surface area contributed by atoms with E-state index in [4.69, 9.17) is 13.8 Å². The summed E-state index contributed by atoms with van der Waals surface area (Å²) in [6, 6.07) is 0. The van der Waals surface area contributed by atoms with Gasteiger partial charge in [0.1, 0.15) is 0 Å². The summed E-state index contributed by atoms with van der Waals surface area (Å²) in [5.74, 6) is -0.319. The van der Waals surface area contributed by atoms with Crippen LogP contribution in [0.2, 0.25) is 0 Å². The second kappa shape index (κ2) is 7.83. The minimum Gasteiger partial charge on any atom is -0.466 e. The van der Waals surface area contributed by atoms with Crippen LogP contribution in [0.1, 0.15) is 40.0 Å². The molecule has 0 heterocycles. The van der Waals surface area contributed by atoms with Crippen LogP contribution in [0.25, 0.3) is 0 Å². The number of rotatable bonds is 7. The lowest BCUT2D eigenvalue weighted by molar-refractivity contribution is -0.148. The molecule has 0 aliphatic heterocycles. The van der Waals surface area contributed by atoms with Crippen molar-refractivity contribution in [3.8, 4) is 0 Å². The lowest BCUT2D eigenvalue weighted by atomic mass is 9.94. The molecule has 1 atom stereocenters. The van der Waals surface area contributed by atoms with Crippen molar-refractivity contribution in [2.45, 2.75) is 40.0 Å². The van der Waals surface area contributed by atoms with E-state index in [1.807, 2.05) is 6.08 Å². The summed E-state index contributed by atoms with van der Waals surface area (Å²) in [6.45, 7) is 6.45. The summed E-state index contributed by atoms with van der Waals surface area (Å²) < 4.78 is 28.1. The standard InChI is InChI=1S/C13H23O5P/c1-4-16-13(14)11-7-9-12(10-8-11)19(15,17-5-2)18-6-3/h9,11H,4-8,10H2,1-3H3. The van der Waals surface area contributed by atoms with Crippen LogP contribution in [-0.4, -0.2) is 25.8 Å². The Hall–Kier alpha value is -0.640. The fourth-order valence-corrected chi connectivity index (χ4v) is 3.90. The predicted octanol–water partition coefficient (Wildman–Crippen LogP) is 3.50. The van der Waals surface area contributed by atoms with Crippen LogP contribution < -0.4 is 0 Å². The van der Waals surface area contributed by atoms with Crippen LogP contribution in [0.4, 0.5) is 0 Å². The van der Waals surface area contributed by atoms with E-state index in [1.54, 1.807) is 20.8 Å². The van der Waals surface area contributed by atoms with Gasteiger partial charge in [-0.1, -0.05) is 6.08 Å². The van der Waals surface area contributed by atoms with Crippen molar-refractivity contribution in [1.82, 2.24) is 0 Å². The third-order valence-electron chi connectivity index (χ3n) is 2.96. The van der Waals surface area contributed by atoms with Gasteiger partial charge in [0.15, 0.2) is 0 Å². The molecule has 1 aliphatic carbocycles. The van der Waals surface area contributed by atoms with Gasteiger partial charge in [-0.15, -0.1) is 0 Å². The number of carbonyl (C=O) groups is 1. The zero-order valence-electron chi connectivity index (χ0n) is 11.9. The normalized spacial score (nSPS) is 19.9. The second-order valence-electron chi connectivity index (χ2n) is 4.25. The molecule has 0 saturated heterocycles. The SMILES string of the molecule is CCOC(=O)C1CC=C(P(=O)(OCC)OCC)CC1. The minimum atomic E-state index is -3.16. The fraction of sp³-hybridized carbons (Fsp3) is 0.769. The van der Waals surface area contributed by atoms with Crippen LogP contribution >= 0.6 is 7.60 Å². The fourth-order valence-electron chi connectivity index (χ4n) is 2.09. The first-order valence-electron chi connectivity index (χ1n) is 6.82. The highest BCUT2D eigenvalue weighted by molar-refractivity contribution is 7.58. The molecule has 1 aliphatic rings. The maximum atomic E-state index is 12.5. The molecule has 0 amide bonds. The molecule has 0 saturated carbocycles. The molecular weight excluding hydrogens is 267 g/mol. The van der Waals surface area contributed by atoms with E-state index in [0.717, 1.165) is 0 Å². The molecule has 0 aromatic carbocycles. The average Bonchev–Trinajstić information content (AvgIpc) is 2.40. The molecule has 1 rings (SSSR count). The van der Waals surface area contributed by atoms with Gasteiger partial charge in [-0.2, -0.15) is 0 Å². The predicted molar refractivity (Wildman–Crippen MR) is 72.9 cm³/mol. The van der Waals surface area contributed by atoms with E-state index >= 15 is 0 Å². The highest BCUT2D eigenvalue weighted by Crippen LogP contribution is 2.59. The quantitative estimate of drug-likeness (QED) is 0.530. The van der Waals surface area contributed by atoms with Crippen LogP contribution in [0.5, 0.6) is 0 Å². The first kappa shape index (κ1) is 16.4. The number of allylic oxidation sites excluding steroid dienone is 2. The molecule has 0 bridgehead atoms. The molecule has 0 spiro atoms. The monoisotopic (exact) mass is 290 g/mol. The number of hydrogen-bond donors (Lipinski definition) is 0. The summed E-state index contributed by atoms with van der Waals surface area (Å²) >= 11 is 0. The van der Waals surface area contributed by atoms with Gasteiger partial charge in [0.2, 0.25) is 0 Å². The van der Waals surface area contributed by atoms with Crippen molar-refractivity contribution in [3.05, 3.63) is 11.4 Å². The molecule has 110 valence electrons. The average molecular weight is 290 g/mol. The molecule has 0 fully saturated rings. The summed E-state index contributed by atoms with van der Waals surface area (Å²) in [7, 11) is -3.16. The zero-order valence-corrected chi connectivity index (χ0v) is 12.8. The van der Waals surface area contributed by atoms with E-state index in [0.29, 0.717) is 44.4 Å². The van der Waals surface area contributed by atoms with Gasteiger partial charge >= 0.3 is 13.6 Å². The van der Waals surface area contributed by atoms with Crippen molar-refractivity contribution in [2.75, 3.05) is 19.8 Å². The molecule has 5 nitrogen and oxygen atoms in total. The molecule has 0 N–H and O–H groups in total. The second-order valence-corrected chi connectivity index (χ2v) is 6.34. The van der Waals surface area contributed by atoms with Crippen molar-refractivity contribution in [3.63, 3.8) is 0 Å².